The Kier molecular flexibility index (Phi) is 4.24. The zero-order valence-electron chi connectivity index (χ0n) is 10.3. The lowest BCUT2D eigenvalue weighted by molar-refractivity contribution is 0.414. The number of ether oxygens (including phenoxy) is 1. The first-order valence-electron chi connectivity index (χ1n) is 5.83. The largest absolute Gasteiger partial charge is 0.497 e. The Morgan fingerprint density at radius 2 is 1.89 bits per heavy atom. The molecule has 0 amide bonds. The van der Waals surface area contributed by atoms with Crippen LogP contribution >= 0.6 is 11.6 Å². The Morgan fingerprint density at radius 1 is 1.17 bits per heavy atom. The SMILES string of the molecule is COc1cccc(C(N)Cc2ccc(Cl)cc2)c1. The summed E-state index contributed by atoms with van der Waals surface area (Å²) in [5.74, 6) is 0.832. The third-order valence-electron chi connectivity index (χ3n) is 2.89. The molecule has 0 aliphatic carbocycles. The van der Waals surface area contributed by atoms with Crippen molar-refractivity contribution in [2.45, 2.75) is 12.5 Å². The number of hydrogen-bond donors (Lipinski definition) is 1. The summed E-state index contributed by atoms with van der Waals surface area (Å²) in [7, 11) is 1.66. The van der Waals surface area contributed by atoms with Crippen molar-refractivity contribution in [3.8, 4) is 5.75 Å². The highest BCUT2D eigenvalue weighted by Crippen LogP contribution is 2.21. The van der Waals surface area contributed by atoms with Crippen LogP contribution in [0.3, 0.4) is 0 Å². The molecule has 0 radical (unpaired) electrons. The van der Waals surface area contributed by atoms with Crippen molar-refractivity contribution >= 4 is 11.6 Å². The molecule has 2 aromatic carbocycles. The summed E-state index contributed by atoms with van der Waals surface area (Å²) in [4.78, 5) is 0. The van der Waals surface area contributed by atoms with Crippen molar-refractivity contribution in [3.05, 3.63) is 64.7 Å². The molecule has 0 aromatic heterocycles. The van der Waals surface area contributed by atoms with Crippen LogP contribution in [-0.4, -0.2) is 7.11 Å². The third kappa shape index (κ3) is 3.25. The van der Waals surface area contributed by atoms with Crippen LogP contribution in [0.4, 0.5) is 0 Å². The lowest BCUT2D eigenvalue weighted by Crippen LogP contribution is -2.13. The number of rotatable bonds is 4. The summed E-state index contributed by atoms with van der Waals surface area (Å²) in [5.41, 5.74) is 8.45. The predicted molar refractivity (Wildman–Crippen MR) is 75.1 cm³/mol. The van der Waals surface area contributed by atoms with Crippen LogP contribution in [-0.2, 0) is 6.42 Å². The van der Waals surface area contributed by atoms with E-state index < -0.39 is 0 Å². The standard InChI is InChI=1S/C15H16ClNO/c1-18-14-4-2-3-12(10-14)15(17)9-11-5-7-13(16)8-6-11/h2-8,10,15H,9,17H2,1H3. The maximum Gasteiger partial charge on any atom is 0.119 e. The molecule has 0 saturated carbocycles. The third-order valence-corrected chi connectivity index (χ3v) is 3.14. The molecule has 0 saturated heterocycles. The topological polar surface area (TPSA) is 35.2 Å². The normalized spacial score (nSPS) is 12.2. The summed E-state index contributed by atoms with van der Waals surface area (Å²) >= 11 is 5.86. The average Bonchev–Trinajstić information content (AvgIpc) is 2.41. The Morgan fingerprint density at radius 3 is 2.56 bits per heavy atom. The number of halogens is 1. The minimum absolute atomic E-state index is 0.0405. The summed E-state index contributed by atoms with van der Waals surface area (Å²) < 4.78 is 5.20. The zero-order chi connectivity index (χ0) is 13.0. The number of hydrogen-bond acceptors (Lipinski definition) is 2. The van der Waals surface area contributed by atoms with Gasteiger partial charge in [-0.3, -0.25) is 0 Å². The summed E-state index contributed by atoms with van der Waals surface area (Å²) in [6.45, 7) is 0. The van der Waals surface area contributed by atoms with Crippen LogP contribution < -0.4 is 10.5 Å². The average molecular weight is 262 g/mol. The number of methoxy groups -OCH3 is 1. The Hall–Kier alpha value is -1.51. The molecule has 0 aliphatic heterocycles. The molecule has 1 atom stereocenters. The van der Waals surface area contributed by atoms with Gasteiger partial charge in [0, 0.05) is 11.1 Å². The van der Waals surface area contributed by atoms with Gasteiger partial charge in [0.05, 0.1) is 7.11 Å². The van der Waals surface area contributed by atoms with Gasteiger partial charge in [0.25, 0.3) is 0 Å². The first-order chi connectivity index (χ1) is 8.69. The van der Waals surface area contributed by atoms with Crippen molar-refractivity contribution in [1.82, 2.24) is 0 Å². The van der Waals surface area contributed by atoms with Crippen molar-refractivity contribution in [2.75, 3.05) is 7.11 Å². The molecule has 18 heavy (non-hydrogen) atoms. The minimum atomic E-state index is -0.0405. The lowest BCUT2D eigenvalue weighted by atomic mass is 9.99. The highest BCUT2D eigenvalue weighted by atomic mass is 35.5. The van der Waals surface area contributed by atoms with E-state index in [0.29, 0.717) is 0 Å². The quantitative estimate of drug-likeness (QED) is 0.913. The summed E-state index contributed by atoms with van der Waals surface area (Å²) in [5, 5.41) is 0.744. The second-order valence-electron chi connectivity index (χ2n) is 4.21. The first kappa shape index (κ1) is 12.9. The molecule has 3 heteroatoms. The Bertz CT molecular complexity index is 510. The highest BCUT2D eigenvalue weighted by Gasteiger charge is 2.08. The van der Waals surface area contributed by atoms with Crippen LogP contribution in [0, 0.1) is 0 Å². The van der Waals surface area contributed by atoms with Gasteiger partial charge in [0.2, 0.25) is 0 Å². The Labute approximate surface area is 112 Å². The summed E-state index contributed by atoms with van der Waals surface area (Å²) in [6, 6.07) is 15.6. The molecular weight excluding hydrogens is 246 g/mol. The number of benzene rings is 2. The van der Waals surface area contributed by atoms with Gasteiger partial charge >= 0.3 is 0 Å². The molecular formula is C15H16ClNO. The van der Waals surface area contributed by atoms with E-state index in [-0.39, 0.29) is 6.04 Å². The fourth-order valence-corrected chi connectivity index (χ4v) is 1.99. The second-order valence-corrected chi connectivity index (χ2v) is 4.65. The minimum Gasteiger partial charge on any atom is -0.497 e. The van der Waals surface area contributed by atoms with Crippen molar-refractivity contribution < 1.29 is 4.74 Å². The second kappa shape index (κ2) is 5.89. The molecule has 0 bridgehead atoms. The first-order valence-corrected chi connectivity index (χ1v) is 6.21. The fraction of sp³-hybridized carbons (Fsp3) is 0.200. The van der Waals surface area contributed by atoms with E-state index in [9.17, 15) is 0 Å². The molecule has 2 aromatic rings. The van der Waals surface area contributed by atoms with Crippen LogP contribution in [0.25, 0.3) is 0 Å². The molecule has 0 spiro atoms. The monoisotopic (exact) mass is 261 g/mol. The zero-order valence-corrected chi connectivity index (χ0v) is 11.0. The molecule has 2 nitrogen and oxygen atoms in total. The molecule has 0 heterocycles. The van der Waals surface area contributed by atoms with Gasteiger partial charge in [-0.15, -0.1) is 0 Å². The summed E-state index contributed by atoms with van der Waals surface area (Å²) in [6.07, 6.45) is 0.782. The fourth-order valence-electron chi connectivity index (χ4n) is 1.86. The Balaban J connectivity index is 2.11. The van der Waals surface area contributed by atoms with Gasteiger partial charge in [-0.2, -0.15) is 0 Å². The van der Waals surface area contributed by atoms with Gasteiger partial charge in [0.15, 0.2) is 0 Å². The van der Waals surface area contributed by atoms with E-state index in [2.05, 4.69) is 0 Å². The lowest BCUT2D eigenvalue weighted by Gasteiger charge is -2.13. The van der Waals surface area contributed by atoms with Crippen molar-refractivity contribution in [2.24, 2.45) is 5.73 Å². The maximum atomic E-state index is 6.20. The van der Waals surface area contributed by atoms with E-state index in [1.807, 2.05) is 48.5 Å². The molecule has 2 N–H and O–H groups in total. The molecule has 94 valence electrons. The van der Waals surface area contributed by atoms with Crippen LogP contribution in [0.1, 0.15) is 17.2 Å². The van der Waals surface area contributed by atoms with Gasteiger partial charge in [-0.05, 0) is 41.8 Å². The van der Waals surface area contributed by atoms with Gasteiger partial charge in [-0.25, -0.2) is 0 Å². The van der Waals surface area contributed by atoms with Crippen LogP contribution in [0.2, 0.25) is 5.02 Å². The van der Waals surface area contributed by atoms with Gasteiger partial charge < -0.3 is 10.5 Å². The number of nitrogens with two attached hydrogens (primary N) is 1. The van der Waals surface area contributed by atoms with Gasteiger partial charge in [0.1, 0.15) is 5.75 Å². The molecule has 1 unspecified atom stereocenters. The molecule has 0 fully saturated rings. The maximum absolute atomic E-state index is 6.20. The molecule has 0 aliphatic rings. The smallest absolute Gasteiger partial charge is 0.119 e. The van der Waals surface area contributed by atoms with E-state index in [0.717, 1.165) is 22.8 Å². The highest BCUT2D eigenvalue weighted by molar-refractivity contribution is 6.30. The van der Waals surface area contributed by atoms with E-state index in [1.165, 1.54) is 5.56 Å². The van der Waals surface area contributed by atoms with E-state index >= 15 is 0 Å². The van der Waals surface area contributed by atoms with Crippen molar-refractivity contribution in [3.63, 3.8) is 0 Å². The predicted octanol–water partition coefficient (Wildman–Crippen LogP) is 3.59. The van der Waals surface area contributed by atoms with Crippen LogP contribution in [0.15, 0.2) is 48.5 Å². The molecule has 2 rings (SSSR count). The van der Waals surface area contributed by atoms with Crippen molar-refractivity contribution in [1.29, 1.82) is 0 Å². The van der Waals surface area contributed by atoms with Gasteiger partial charge in [-0.1, -0.05) is 35.9 Å². The van der Waals surface area contributed by atoms with Crippen LogP contribution in [0.5, 0.6) is 5.75 Å². The van der Waals surface area contributed by atoms with E-state index in [4.69, 9.17) is 22.1 Å². The van der Waals surface area contributed by atoms with E-state index in [1.54, 1.807) is 7.11 Å².